The molecule has 0 aliphatic carbocycles. The number of hydrogen-bond donors (Lipinski definition) is 1. The molecule has 1 N–H and O–H groups in total. The van der Waals surface area contributed by atoms with Gasteiger partial charge in [-0.25, -0.2) is 4.39 Å². The monoisotopic (exact) mass is 405 g/mol. The molecule has 0 bridgehead atoms. The summed E-state index contributed by atoms with van der Waals surface area (Å²) in [4.78, 5) is 0. The Morgan fingerprint density at radius 3 is 2.33 bits per heavy atom. The fourth-order valence-corrected chi connectivity index (χ4v) is 3.12. The number of benzene rings is 3. The van der Waals surface area contributed by atoms with Gasteiger partial charge in [-0.3, -0.25) is 0 Å². The van der Waals surface area contributed by atoms with E-state index in [9.17, 15) is 4.39 Å². The van der Waals surface area contributed by atoms with Crippen LogP contribution in [0.4, 0.5) is 10.1 Å². The van der Waals surface area contributed by atoms with Crippen LogP contribution in [0.15, 0.2) is 77.2 Å². The number of nitrogens with zero attached hydrogens (tertiary/aromatic N) is 2. The largest absolute Gasteiger partial charge is 0.493 e. The molecule has 0 saturated heterocycles. The van der Waals surface area contributed by atoms with Crippen LogP contribution in [0.5, 0.6) is 11.5 Å². The van der Waals surface area contributed by atoms with E-state index in [4.69, 9.17) is 13.9 Å². The Balaban J connectivity index is 1.73. The molecule has 0 aliphatic rings. The summed E-state index contributed by atoms with van der Waals surface area (Å²) in [5, 5.41) is 11.6. The van der Waals surface area contributed by atoms with Crippen LogP contribution in [0.2, 0.25) is 0 Å². The van der Waals surface area contributed by atoms with Crippen LogP contribution >= 0.6 is 0 Å². The third-order valence-corrected chi connectivity index (χ3v) is 4.62. The summed E-state index contributed by atoms with van der Waals surface area (Å²) in [6.07, 6.45) is 0. The summed E-state index contributed by atoms with van der Waals surface area (Å²) in [5.41, 5.74) is 1.85. The van der Waals surface area contributed by atoms with Crippen molar-refractivity contribution in [2.75, 3.05) is 19.5 Å². The quantitative estimate of drug-likeness (QED) is 0.462. The van der Waals surface area contributed by atoms with Gasteiger partial charge in [0.05, 0.1) is 14.2 Å². The Hall–Kier alpha value is -3.87. The van der Waals surface area contributed by atoms with Crippen LogP contribution in [0.25, 0.3) is 11.5 Å². The second kappa shape index (κ2) is 8.65. The molecule has 0 unspecified atom stereocenters. The Bertz CT molecular complexity index is 1130. The van der Waals surface area contributed by atoms with Crippen LogP contribution in [0.3, 0.4) is 0 Å². The highest BCUT2D eigenvalue weighted by molar-refractivity contribution is 5.57. The molecule has 0 radical (unpaired) electrons. The highest BCUT2D eigenvalue weighted by Crippen LogP contribution is 2.34. The lowest BCUT2D eigenvalue weighted by molar-refractivity contribution is 0.355. The number of hydrogen-bond acceptors (Lipinski definition) is 6. The summed E-state index contributed by atoms with van der Waals surface area (Å²) >= 11 is 0. The minimum atomic E-state index is -0.700. The first-order valence-electron chi connectivity index (χ1n) is 9.31. The van der Waals surface area contributed by atoms with Gasteiger partial charge in [0.2, 0.25) is 11.8 Å². The molecule has 0 saturated carbocycles. The molecule has 30 heavy (non-hydrogen) atoms. The van der Waals surface area contributed by atoms with Crippen molar-refractivity contribution in [1.29, 1.82) is 0 Å². The van der Waals surface area contributed by atoms with Crippen molar-refractivity contribution in [3.63, 3.8) is 0 Å². The standard InChI is InChI=1S/C23H20FN3O3/c1-28-19-13-12-16(14-20(19)29-2)25-21(17-10-6-7-11-18(17)24)23-27-26-22(30-23)15-8-4-3-5-9-15/h3-14,21,25H,1-2H3/t21-/m1/s1. The average Bonchev–Trinajstić information content (AvgIpc) is 3.28. The average molecular weight is 405 g/mol. The number of aromatic nitrogens is 2. The Kier molecular flexibility index (Phi) is 5.61. The zero-order valence-corrected chi connectivity index (χ0v) is 16.5. The maximum Gasteiger partial charge on any atom is 0.247 e. The van der Waals surface area contributed by atoms with E-state index in [1.807, 2.05) is 36.4 Å². The van der Waals surface area contributed by atoms with Gasteiger partial charge in [0.15, 0.2) is 11.5 Å². The maximum absolute atomic E-state index is 14.6. The third-order valence-electron chi connectivity index (χ3n) is 4.62. The first-order valence-corrected chi connectivity index (χ1v) is 9.31. The van der Waals surface area contributed by atoms with E-state index < -0.39 is 6.04 Å². The highest BCUT2D eigenvalue weighted by Gasteiger charge is 2.24. The van der Waals surface area contributed by atoms with Crippen molar-refractivity contribution >= 4 is 5.69 Å². The number of methoxy groups -OCH3 is 2. The molecule has 0 aliphatic heterocycles. The van der Waals surface area contributed by atoms with Crippen molar-refractivity contribution in [3.8, 4) is 23.0 Å². The fourth-order valence-electron chi connectivity index (χ4n) is 3.12. The van der Waals surface area contributed by atoms with E-state index in [1.54, 1.807) is 44.6 Å². The van der Waals surface area contributed by atoms with Crippen LogP contribution in [-0.2, 0) is 0 Å². The van der Waals surface area contributed by atoms with Gasteiger partial charge in [0.1, 0.15) is 11.9 Å². The van der Waals surface area contributed by atoms with Gasteiger partial charge in [0, 0.05) is 22.9 Å². The van der Waals surface area contributed by atoms with Gasteiger partial charge in [-0.2, -0.15) is 0 Å². The predicted molar refractivity (Wildman–Crippen MR) is 111 cm³/mol. The molecule has 0 amide bonds. The Morgan fingerprint density at radius 2 is 1.60 bits per heavy atom. The van der Waals surface area contributed by atoms with Gasteiger partial charge in [-0.1, -0.05) is 36.4 Å². The molecule has 152 valence electrons. The molecule has 1 heterocycles. The van der Waals surface area contributed by atoms with Crippen LogP contribution in [0, 0.1) is 5.82 Å². The van der Waals surface area contributed by atoms with Gasteiger partial charge >= 0.3 is 0 Å². The molecule has 4 rings (SSSR count). The van der Waals surface area contributed by atoms with E-state index in [0.29, 0.717) is 28.6 Å². The molecular formula is C23H20FN3O3. The van der Waals surface area contributed by atoms with Gasteiger partial charge in [-0.15, -0.1) is 10.2 Å². The molecule has 6 nitrogen and oxygen atoms in total. The minimum absolute atomic E-state index is 0.244. The van der Waals surface area contributed by atoms with Gasteiger partial charge < -0.3 is 19.2 Å². The highest BCUT2D eigenvalue weighted by atomic mass is 19.1. The lowest BCUT2D eigenvalue weighted by Crippen LogP contribution is -2.14. The fraction of sp³-hybridized carbons (Fsp3) is 0.130. The van der Waals surface area contributed by atoms with Crippen molar-refractivity contribution in [2.45, 2.75) is 6.04 Å². The Labute approximate surface area is 173 Å². The van der Waals surface area contributed by atoms with Gasteiger partial charge in [-0.05, 0) is 30.3 Å². The van der Waals surface area contributed by atoms with E-state index in [2.05, 4.69) is 15.5 Å². The van der Waals surface area contributed by atoms with E-state index in [1.165, 1.54) is 6.07 Å². The first-order chi connectivity index (χ1) is 14.7. The van der Waals surface area contributed by atoms with Crippen molar-refractivity contribution in [3.05, 3.63) is 90.1 Å². The predicted octanol–water partition coefficient (Wildman–Crippen LogP) is 5.09. The molecule has 0 fully saturated rings. The SMILES string of the molecule is COc1ccc(N[C@@H](c2nnc(-c3ccccc3)o2)c2ccccc2F)cc1OC. The summed E-state index contributed by atoms with van der Waals surface area (Å²) in [6, 6.07) is 20.5. The molecule has 3 aromatic carbocycles. The van der Waals surface area contributed by atoms with E-state index in [-0.39, 0.29) is 11.7 Å². The van der Waals surface area contributed by atoms with Crippen molar-refractivity contribution in [2.24, 2.45) is 0 Å². The third kappa shape index (κ3) is 3.96. The second-order valence-electron chi connectivity index (χ2n) is 6.48. The summed E-state index contributed by atoms with van der Waals surface area (Å²) in [5.74, 6) is 1.37. The lowest BCUT2D eigenvalue weighted by Gasteiger charge is -2.18. The summed E-state index contributed by atoms with van der Waals surface area (Å²) < 4.78 is 31.2. The van der Waals surface area contributed by atoms with Crippen LogP contribution in [-0.4, -0.2) is 24.4 Å². The number of ether oxygens (including phenoxy) is 2. The molecule has 7 heteroatoms. The number of rotatable bonds is 7. The topological polar surface area (TPSA) is 69.4 Å². The van der Waals surface area contributed by atoms with Crippen LogP contribution < -0.4 is 14.8 Å². The minimum Gasteiger partial charge on any atom is -0.493 e. The van der Waals surface area contributed by atoms with E-state index in [0.717, 1.165) is 5.56 Å². The van der Waals surface area contributed by atoms with Crippen LogP contribution in [0.1, 0.15) is 17.5 Å². The van der Waals surface area contributed by atoms with Gasteiger partial charge in [0.25, 0.3) is 0 Å². The lowest BCUT2D eigenvalue weighted by atomic mass is 10.1. The zero-order valence-electron chi connectivity index (χ0n) is 16.5. The molecule has 1 aromatic heterocycles. The van der Waals surface area contributed by atoms with Crippen molar-refractivity contribution < 1.29 is 18.3 Å². The first kappa shape index (κ1) is 19.4. The second-order valence-corrected chi connectivity index (χ2v) is 6.48. The number of nitrogens with one attached hydrogen (secondary N) is 1. The van der Waals surface area contributed by atoms with Crippen molar-refractivity contribution in [1.82, 2.24) is 10.2 Å². The normalized spacial score (nSPS) is 11.7. The molecular weight excluding hydrogens is 385 g/mol. The maximum atomic E-state index is 14.6. The molecule has 0 spiro atoms. The summed E-state index contributed by atoms with van der Waals surface area (Å²) in [6.45, 7) is 0. The molecule has 4 aromatic rings. The number of anilines is 1. The summed E-state index contributed by atoms with van der Waals surface area (Å²) in [7, 11) is 3.12. The Morgan fingerprint density at radius 1 is 0.867 bits per heavy atom. The van der Waals surface area contributed by atoms with E-state index >= 15 is 0 Å². The number of halogens is 1. The smallest absolute Gasteiger partial charge is 0.247 e. The molecule has 1 atom stereocenters. The zero-order chi connectivity index (χ0) is 20.9.